The molecular formula is C14H20N2O2. The van der Waals surface area contributed by atoms with Gasteiger partial charge in [0, 0.05) is 37.8 Å². The van der Waals surface area contributed by atoms with E-state index in [1.54, 1.807) is 0 Å². The number of hydrogen-bond acceptors (Lipinski definition) is 4. The molecule has 0 spiro atoms. The van der Waals surface area contributed by atoms with E-state index in [0.717, 1.165) is 44.2 Å². The highest BCUT2D eigenvalue weighted by Gasteiger charge is 2.21. The minimum Gasteiger partial charge on any atom is -0.490 e. The molecule has 4 nitrogen and oxygen atoms in total. The number of likely N-dealkylation sites (N-methyl/N-ethyl adjacent to an activating group) is 1. The molecule has 1 N–H and O–H groups in total. The highest BCUT2D eigenvalue weighted by molar-refractivity contribution is 5.56. The molecule has 0 bridgehead atoms. The third-order valence-corrected chi connectivity index (χ3v) is 3.72. The summed E-state index contributed by atoms with van der Waals surface area (Å²) in [6, 6.07) is 6.81. The largest absolute Gasteiger partial charge is 0.490 e. The Morgan fingerprint density at radius 1 is 1.22 bits per heavy atom. The summed E-state index contributed by atoms with van der Waals surface area (Å²) in [5.74, 6) is 1.75. The van der Waals surface area contributed by atoms with Crippen molar-refractivity contribution in [2.75, 3.05) is 38.3 Å². The third-order valence-electron chi connectivity index (χ3n) is 3.72. The van der Waals surface area contributed by atoms with Crippen LogP contribution >= 0.6 is 0 Å². The van der Waals surface area contributed by atoms with E-state index in [9.17, 15) is 0 Å². The fourth-order valence-electron chi connectivity index (χ4n) is 2.55. The topological polar surface area (TPSA) is 33.7 Å². The summed E-state index contributed by atoms with van der Waals surface area (Å²) in [5, 5.41) is 3.40. The second-order valence-electron chi connectivity index (χ2n) is 4.94. The lowest BCUT2D eigenvalue weighted by molar-refractivity contribution is 0.297. The molecule has 1 saturated heterocycles. The Labute approximate surface area is 108 Å². The summed E-state index contributed by atoms with van der Waals surface area (Å²) < 4.78 is 11.4. The minimum atomic E-state index is 0.578. The van der Waals surface area contributed by atoms with Crippen LogP contribution in [0, 0.1) is 0 Å². The number of anilines is 1. The fourth-order valence-corrected chi connectivity index (χ4v) is 2.55. The summed E-state index contributed by atoms with van der Waals surface area (Å²) in [6.07, 6.45) is 2.15. The lowest BCUT2D eigenvalue weighted by Gasteiger charge is -2.26. The molecule has 1 aromatic carbocycles. The first-order chi connectivity index (χ1) is 8.84. The quantitative estimate of drug-likeness (QED) is 0.863. The van der Waals surface area contributed by atoms with Crippen molar-refractivity contribution >= 4 is 5.69 Å². The number of benzene rings is 1. The van der Waals surface area contributed by atoms with Crippen molar-refractivity contribution < 1.29 is 9.47 Å². The van der Waals surface area contributed by atoms with Crippen LogP contribution in [0.1, 0.15) is 12.8 Å². The van der Waals surface area contributed by atoms with Crippen molar-refractivity contribution in [1.82, 2.24) is 5.32 Å². The van der Waals surface area contributed by atoms with Gasteiger partial charge >= 0.3 is 0 Å². The number of nitrogens with one attached hydrogen (secondary N) is 1. The van der Waals surface area contributed by atoms with Crippen molar-refractivity contribution in [3.8, 4) is 11.5 Å². The Balaban J connectivity index is 1.82. The molecule has 0 amide bonds. The summed E-state index contributed by atoms with van der Waals surface area (Å²) in [5.41, 5.74) is 1.20. The van der Waals surface area contributed by atoms with E-state index in [-0.39, 0.29) is 0 Å². The zero-order valence-corrected chi connectivity index (χ0v) is 10.8. The number of hydrogen-bond donors (Lipinski definition) is 1. The average Bonchev–Trinajstić information content (AvgIpc) is 2.83. The molecule has 0 aliphatic carbocycles. The van der Waals surface area contributed by atoms with E-state index < -0.39 is 0 Å². The summed E-state index contributed by atoms with van der Waals surface area (Å²) in [4.78, 5) is 2.33. The summed E-state index contributed by atoms with van der Waals surface area (Å²) in [6.45, 7) is 3.66. The molecule has 0 radical (unpaired) electrons. The standard InChI is InChI=1S/C14H20N2O2/c1-16(12-5-6-15-10-12)11-3-4-13-14(9-11)18-8-2-7-17-13/h3-4,9,12,15H,2,5-8,10H2,1H3. The van der Waals surface area contributed by atoms with Gasteiger partial charge < -0.3 is 19.7 Å². The maximum atomic E-state index is 5.73. The van der Waals surface area contributed by atoms with Crippen LogP contribution < -0.4 is 19.7 Å². The monoisotopic (exact) mass is 248 g/mol. The molecule has 0 aromatic heterocycles. The SMILES string of the molecule is CN(c1ccc2c(c1)OCCCO2)C1CCNC1. The van der Waals surface area contributed by atoms with Gasteiger partial charge in [-0.3, -0.25) is 0 Å². The third kappa shape index (κ3) is 2.25. The Bertz CT molecular complexity index is 416. The number of nitrogens with zero attached hydrogens (tertiary/aromatic N) is 1. The van der Waals surface area contributed by atoms with Gasteiger partial charge in [0.25, 0.3) is 0 Å². The van der Waals surface area contributed by atoms with E-state index in [2.05, 4.69) is 29.4 Å². The second kappa shape index (κ2) is 5.06. The van der Waals surface area contributed by atoms with E-state index in [4.69, 9.17) is 9.47 Å². The van der Waals surface area contributed by atoms with Crippen molar-refractivity contribution in [3.05, 3.63) is 18.2 Å². The van der Waals surface area contributed by atoms with Gasteiger partial charge in [-0.25, -0.2) is 0 Å². The summed E-state index contributed by atoms with van der Waals surface area (Å²) in [7, 11) is 2.15. The Kier molecular flexibility index (Phi) is 3.28. The van der Waals surface area contributed by atoms with Gasteiger partial charge in [0.1, 0.15) is 0 Å². The zero-order valence-electron chi connectivity index (χ0n) is 10.8. The van der Waals surface area contributed by atoms with E-state index >= 15 is 0 Å². The minimum absolute atomic E-state index is 0.578. The van der Waals surface area contributed by atoms with Crippen molar-refractivity contribution in [2.24, 2.45) is 0 Å². The lowest BCUT2D eigenvalue weighted by atomic mass is 10.2. The van der Waals surface area contributed by atoms with Gasteiger partial charge in [0.15, 0.2) is 11.5 Å². The maximum absolute atomic E-state index is 5.73. The van der Waals surface area contributed by atoms with E-state index in [1.165, 1.54) is 12.1 Å². The van der Waals surface area contributed by atoms with Crippen molar-refractivity contribution in [3.63, 3.8) is 0 Å². The molecule has 18 heavy (non-hydrogen) atoms. The van der Waals surface area contributed by atoms with Gasteiger partial charge in [0.05, 0.1) is 13.2 Å². The molecule has 1 unspecified atom stereocenters. The molecule has 4 heteroatoms. The molecule has 1 fully saturated rings. The number of fused-ring (bicyclic) bond motifs is 1. The highest BCUT2D eigenvalue weighted by atomic mass is 16.5. The molecule has 2 heterocycles. The molecule has 2 aliphatic rings. The smallest absolute Gasteiger partial charge is 0.163 e. The van der Waals surface area contributed by atoms with Crippen LogP contribution in [0.2, 0.25) is 0 Å². The Morgan fingerprint density at radius 2 is 2.06 bits per heavy atom. The molecule has 98 valence electrons. The van der Waals surface area contributed by atoms with Crippen molar-refractivity contribution in [2.45, 2.75) is 18.9 Å². The normalized spacial score (nSPS) is 22.6. The highest BCUT2D eigenvalue weighted by Crippen LogP contribution is 2.34. The second-order valence-corrected chi connectivity index (χ2v) is 4.94. The van der Waals surface area contributed by atoms with Crippen LogP contribution in [0.4, 0.5) is 5.69 Å². The first-order valence-electron chi connectivity index (χ1n) is 6.68. The van der Waals surface area contributed by atoms with E-state index in [0.29, 0.717) is 6.04 Å². The molecule has 1 aromatic rings. The molecule has 0 saturated carbocycles. The van der Waals surface area contributed by atoms with Crippen LogP contribution in [0.5, 0.6) is 11.5 Å². The Morgan fingerprint density at radius 3 is 2.83 bits per heavy atom. The lowest BCUT2D eigenvalue weighted by Crippen LogP contribution is -2.33. The molecule has 3 rings (SSSR count). The van der Waals surface area contributed by atoms with Gasteiger partial charge in [-0.05, 0) is 25.1 Å². The van der Waals surface area contributed by atoms with Gasteiger partial charge in [-0.2, -0.15) is 0 Å². The van der Waals surface area contributed by atoms with E-state index in [1.807, 2.05) is 6.07 Å². The van der Waals surface area contributed by atoms with Gasteiger partial charge in [-0.1, -0.05) is 0 Å². The van der Waals surface area contributed by atoms with Crippen LogP contribution in [-0.4, -0.2) is 39.4 Å². The average molecular weight is 248 g/mol. The molecule has 1 atom stereocenters. The Hall–Kier alpha value is -1.42. The fraction of sp³-hybridized carbons (Fsp3) is 0.571. The molecule has 2 aliphatic heterocycles. The van der Waals surface area contributed by atoms with Gasteiger partial charge in [-0.15, -0.1) is 0 Å². The van der Waals surface area contributed by atoms with Crippen LogP contribution in [-0.2, 0) is 0 Å². The summed E-state index contributed by atoms with van der Waals surface area (Å²) >= 11 is 0. The van der Waals surface area contributed by atoms with Crippen LogP contribution in [0.15, 0.2) is 18.2 Å². The first kappa shape index (κ1) is 11.7. The maximum Gasteiger partial charge on any atom is 0.163 e. The van der Waals surface area contributed by atoms with Crippen molar-refractivity contribution in [1.29, 1.82) is 0 Å². The predicted molar refractivity (Wildman–Crippen MR) is 71.7 cm³/mol. The first-order valence-corrected chi connectivity index (χ1v) is 6.68. The zero-order chi connectivity index (χ0) is 12.4. The van der Waals surface area contributed by atoms with Crippen LogP contribution in [0.3, 0.4) is 0 Å². The molecular weight excluding hydrogens is 228 g/mol. The number of rotatable bonds is 2. The van der Waals surface area contributed by atoms with Crippen LogP contribution in [0.25, 0.3) is 0 Å². The van der Waals surface area contributed by atoms with Gasteiger partial charge in [0.2, 0.25) is 0 Å². The predicted octanol–water partition coefficient (Wildman–Crippen LogP) is 1.65. The number of ether oxygens (including phenoxy) is 2.